The largest absolute Gasteiger partial charge is 0.454 e. The Bertz CT molecular complexity index is 784. The zero-order chi connectivity index (χ0) is 17.4. The van der Waals surface area contributed by atoms with Crippen LogP contribution in [0.2, 0.25) is 0 Å². The lowest BCUT2D eigenvalue weighted by molar-refractivity contribution is 0.0571. The molecule has 132 valence electrons. The second kappa shape index (κ2) is 6.32. The van der Waals surface area contributed by atoms with Crippen LogP contribution in [0.5, 0.6) is 11.5 Å². The minimum atomic E-state index is 0.0194. The van der Waals surface area contributed by atoms with Crippen molar-refractivity contribution in [3.8, 4) is 11.5 Å². The topological polar surface area (TPSA) is 85.6 Å². The summed E-state index contributed by atoms with van der Waals surface area (Å²) in [6.07, 6.45) is 0. The number of carbonyl (C=O) groups is 1. The van der Waals surface area contributed by atoms with Crippen molar-refractivity contribution in [1.29, 1.82) is 0 Å². The number of benzene rings is 1. The Balaban J connectivity index is 1.40. The fraction of sp³-hybridized carbons (Fsp3) is 0.500. The van der Waals surface area contributed by atoms with E-state index in [1.165, 1.54) is 0 Å². The highest BCUT2D eigenvalue weighted by Gasteiger charge is 2.28. The number of hydrogen-bond acceptors (Lipinski definition) is 7. The predicted octanol–water partition coefficient (Wildman–Crippen LogP) is 0.458. The number of hydrogen-bond donors (Lipinski definition) is 0. The van der Waals surface area contributed by atoms with E-state index in [0.717, 1.165) is 18.9 Å². The molecule has 3 heterocycles. The Kier molecular flexibility index (Phi) is 4.00. The summed E-state index contributed by atoms with van der Waals surface area (Å²) in [6.45, 7) is 5.20. The molecule has 0 N–H and O–H groups in total. The van der Waals surface area contributed by atoms with E-state index in [-0.39, 0.29) is 18.7 Å². The van der Waals surface area contributed by atoms with Crippen molar-refractivity contribution in [2.75, 3.05) is 33.0 Å². The van der Waals surface area contributed by atoms with Crippen molar-refractivity contribution in [2.45, 2.75) is 13.0 Å². The molecule has 2 aromatic rings. The van der Waals surface area contributed by atoms with Crippen molar-refractivity contribution >= 4 is 5.91 Å². The Morgan fingerprint density at radius 2 is 1.92 bits per heavy atom. The van der Waals surface area contributed by atoms with Gasteiger partial charge in [-0.05, 0) is 35.5 Å². The van der Waals surface area contributed by atoms with Gasteiger partial charge in [-0.2, -0.15) is 0 Å². The second-order valence-electron chi connectivity index (χ2n) is 6.23. The third kappa shape index (κ3) is 2.91. The smallest absolute Gasteiger partial charge is 0.254 e. The Morgan fingerprint density at radius 1 is 1.16 bits per heavy atom. The maximum atomic E-state index is 12.7. The lowest BCUT2D eigenvalue weighted by atomic mass is 10.1. The molecule has 1 aromatic heterocycles. The summed E-state index contributed by atoms with van der Waals surface area (Å²) < 4.78 is 12.3. The predicted molar refractivity (Wildman–Crippen MR) is 87.3 cm³/mol. The number of tetrazole rings is 1. The van der Waals surface area contributed by atoms with E-state index in [2.05, 4.69) is 27.3 Å². The zero-order valence-corrected chi connectivity index (χ0v) is 14.3. The lowest BCUT2D eigenvalue weighted by Crippen LogP contribution is -2.49. The molecule has 1 saturated heterocycles. The minimum absolute atomic E-state index is 0.0194. The van der Waals surface area contributed by atoms with E-state index in [4.69, 9.17) is 9.47 Å². The molecule has 4 rings (SSSR count). The van der Waals surface area contributed by atoms with Crippen LogP contribution in [0.15, 0.2) is 18.2 Å². The summed E-state index contributed by atoms with van der Waals surface area (Å²) in [7, 11) is 1.84. The molecule has 0 unspecified atom stereocenters. The van der Waals surface area contributed by atoms with Gasteiger partial charge in [-0.1, -0.05) is 0 Å². The highest BCUT2D eigenvalue weighted by molar-refractivity contribution is 5.95. The van der Waals surface area contributed by atoms with E-state index >= 15 is 0 Å². The van der Waals surface area contributed by atoms with Crippen LogP contribution >= 0.6 is 0 Å². The van der Waals surface area contributed by atoms with Gasteiger partial charge in [-0.15, -0.1) is 5.10 Å². The third-order valence-corrected chi connectivity index (χ3v) is 4.80. The minimum Gasteiger partial charge on any atom is -0.454 e. The maximum Gasteiger partial charge on any atom is 0.254 e. The fourth-order valence-electron chi connectivity index (χ4n) is 3.28. The summed E-state index contributed by atoms with van der Waals surface area (Å²) >= 11 is 0. The summed E-state index contributed by atoms with van der Waals surface area (Å²) in [6, 6.07) is 5.44. The molecule has 2 aliphatic rings. The highest BCUT2D eigenvalue weighted by Crippen LogP contribution is 2.33. The Hall–Kier alpha value is -2.68. The van der Waals surface area contributed by atoms with Crippen LogP contribution in [-0.4, -0.2) is 68.9 Å². The molecule has 2 aliphatic heterocycles. The molecule has 0 saturated carbocycles. The number of carbonyl (C=O) groups excluding carboxylic acids is 1. The molecule has 1 atom stereocenters. The van der Waals surface area contributed by atoms with E-state index in [9.17, 15) is 4.79 Å². The lowest BCUT2D eigenvalue weighted by Gasteiger charge is -2.37. The number of fused-ring (bicyclic) bond motifs is 1. The van der Waals surface area contributed by atoms with Crippen LogP contribution in [0, 0.1) is 0 Å². The first-order valence-corrected chi connectivity index (χ1v) is 8.28. The van der Waals surface area contributed by atoms with Crippen molar-refractivity contribution in [3.63, 3.8) is 0 Å². The van der Waals surface area contributed by atoms with Crippen LogP contribution < -0.4 is 9.47 Å². The number of nitrogens with zero attached hydrogens (tertiary/aromatic N) is 6. The molecule has 1 amide bonds. The van der Waals surface area contributed by atoms with Gasteiger partial charge in [0.1, 0.15) is 0 Å². The fourth-order valence-corrected chi connectivity index (χ4v) is 3.28. The molecule has 1 fully saturated rings. The number of ether oxygens (including phenoxy) is 2. The Labute approximate surface area is 145 Å². The summed E-state index contributed by atoms with van der Waals surface area (Å²) in [5, 5.41) is 11.7. The molecule has 1 aromatic carbocycles. The zero-order valence-electron chi connectivity index (χ0n) is 14.3. The summed E-state index contributed by atoms with van der Waals surface area (Å²) in [5.74, 6) is 2.17. The molecule has 25 heavy (non-hydrogen) atoms. The third-order valence-electron chi connectivity index (χ3n) is 4.80. The summed E-state index contributed by atoms with van der Waals surface area (Å²) in [5.41, 5.74) is 0.628. The molecule has 0 bridgehead atoms. The SMILES string of the molecule is C[C@@H](c1nnnn1C)N1CCN(C(=O)c2ccc3c(c2)OCO3)CC1. The van der Waals surface area contributed by atoms with Crippen LogP contribution in [-0.2, 0) is 7.05 Å². The molecule has 9 nitrogen and oxygen atoms in total. The van der Waals surface area contributed by atoms with Gasteiger partial charge >= 0.3 is 0 Å². The monoisotopic (exact) mass is 344 g/mol. The number of piperazine rings is 1. The van der Waals surface area contributed by atoms with E-state index < -0.39 is 0 Å². The van der Waals surface area contributed by atoms with Gasteiger partial charge in [0.05, 0.1) is 6.04 Å². The van der Waals surface area contributed by atoms with Gasteiger partial charge in [0, 0.05) is 38.8 Å². The van der Waals surface area contributed by atoms with Crippen LogP contribution in [0.3, 0.4) is 0 Å². The standard InChI is InChI=1S/C16H20N6O3/c1-11(15-17-18-19-20(15)2)21-5-7-22(8-6-21)16(23)12-3-4-13-14(9-12)25-10-24-13/h3-4,9,11H,5-8,10H2,1-2H3/t11-/m0/s1. The summed E-state index contributed by atoms with van der Waals surface area (Å²) in [4.78, 5) is 16.9. The quantitative estimate of drug-likeness (QED) is 0.799. The van der Waals surface area contributed by atoms with Gasteiger partial charge < -0.3 is 14.4 Å². The Morgan fingerprint density at radius 3 is 2.64 bits per heavy atom. The second-order valence-corrected chi connectivity index (χ2v) is 6.23. The average molecular weight is 344 g/mol. The highest BCUT2D eigenvalue weighted by atomic mass is 16.7. The van der Waals surface area contributed by atoms with Crippen LogP contribution in [0.1, 0.15) is 29.1 Å². The molecule has 0 radical (unpaired) electrons. The van der Waals surface area contributed by atoms with Gasteiger partial charge in [-0.3, -0.25) is 9.69 Å². The van der Waals surface area contributed by atoms with Gasteiger partial charge in [0.25, 0.3) is 5.91 Å². The van der Waals surface area contributed by atoms with Gasteiger partial charge in [0.2, 0.25) is 6.79 Å². The van der Waals surface area contributed by atoms with Crippen LogP contribution in [0.4, 0.5) is 0 Å². The van der Waals surface area contributed by atoms with E-state index in [0.29, 0.717) is 30.2 Å². The van der Waals surface area contributed by atoms with Gasteiger partial charge in [-0.25, -0.2) is 4.68 Å². The number of amides is 1. The van der Waals surface area contributed by atoms with Gasteiger partial charge in [0.15, 0.2) is 17.3 Å². The van der Waals surface area contributed by atoms with E-state index in [1.807, 2.05) is 11.9 Å². The van der Waals surface area contributed by atoms with Crippen molar-refractivity contribution in [2.24, 2.45) is 7.05 Å². The van der Waals surface area contributed by atoms with Crippen molar-refractivity contribution < 1.29 is 14.3 Å². The normalized spacial score (nSPS) is 18.4. The molecular formula is C16H20N6O3. The maximum absolute atomic E-state index is 12.7. The van der Waals surface area contributed by atoms with Crippen molar-refractivity contribution in [3.05, 3.63) is 29.6 Å². The first-order valence-electron chi connectivity index (χ1n) is 8.28. The molecule has 9 heteroatoms. The number of rotatable bonds is 3. The average Bonchev–Trinajstić information content (AvgIpc) is 3.28. The number of aryl methyl sites for hydroxylation is 1. The first kappa shape index (κ1) is 15.8. The van der Waals surface area contributed by atoms with Crippen molar-refractivity contribution in [1.82, 2.24) is 30.0 Å². The molecule has 0 aliphatic carbocycles. The van der Waals surface area contributed by atoms with E-state index in [1.54, 1.807) is 22.9 Å². The molecular weight excluding hydrogens is 324 g/mol. The molecule has 0 spiro atoms. The van der Waals surface area contributed by atoms with Crippen LogP contribution in [0.25, 0.3) is 0 Å². The first-order chi connectivity index (χ1) is 12.1. The number of aromatic nitrogens is 4.